The molecule has 3 rings (SSSR count). The highest BCUT2D eigenvalue weighted by Gasteiger charge is 2.46. The van der Waals surface area contributed by atoms with Crippen molar-refractivity contribution in [2.75, 3.05) is 20.2 Å². The standard InChI is InChI=1S/C21H30N2O3/c1-15-9-12-23(14-21(15)10-4-11-21)20(25)13-19(22-16(2)24)17-5-7-18(26-3)8-6-17/h5-8,15,19H,4,9-14H2,1-3H3,(H,22,24). The Kier molecular flexibility index (Phi) is 5.54. The molecule has 0 radical (unpaired) electrons. The van der Waals surface area contributed by atoms with Crippen LogP contribution in [0.4, 0.5) is 0 Å². The van der Waals surface area contributed by atoms with Crippen molar-refractivity contribution < 1.29 is 14.3 Å². The van der Waals surface area contributed by atoms with Crippen LogP contribution < -0.4 is 10.1 Å². The van der Waals surface area contributed by atoms with E-state index >= 15 is 0 Å². The lowest BCUT2D eigenvalue weighted by Crippen LogP contribution is -2.53. The van der Waals surface area contributed by atoms with E-state index in [0.717, 1.165) is 30.8 Å². The molecule has 2 amide bonds. The Morgan fingerprint density at radius 2 is 2.00 bits per heavy atom. The molecule has 5 heteroatoms. The Labute approximate surface area is 156 Å². The van der Waals surface area contributed by atoms with Gasteiger partial charge in [0.05, 0.1) is 19.6 Å². The summed E-state index contributed by atoms with van der Waals surface area (Å²) in [5.74, 6) is 1.48. The number of likely N-dealkylation sites (tertiary alicyclic amines) is 1. The average Bonchev–Trinajstić information content (AvgIpc) is 2.59. The third-order valence-electron chi connectivity index (χ3n) is 6.36. The van der Waals surface area contributed by atoms with Crippen LogP contribution in [-0.4, -0.2) is 36.9 Å². The molecule has 5 nitrogen and oxygen atoms in total. The van der Waals surface area contributed by atoms with Crippen molar-refractivity contribution in [3.8, 4) is 5.75 Å². The summed E-state index contributed by atoms with van der Waals surface area (Å²) in [5.41, 5.74) is 1.27. The largest absolute Gasteiger partial charge is 0.497 e. The zero-order valence-electron chi connectivity index (χ0n) is 16.1. The van der Waals surface area contributed by atoms with E-state index in [1.54, 1.807) is 7.11 Å². The molecule has 1 aromatic rings. The number of ether oxygens (including phenoxy) is 1. The molecular formula is C21H30N2O3. The van der Waals surface area contributed by atoms with Gasteiger partial charge in [-0.25, -0.2) is 0 Å². The predicted molar refractivity (Wildman–Crippen MR) is 101 cm³/mol. The van der Waals surface area contributed by atoms with Gasteiger partial charge in [-0.05, 0) is 48.3 Å². The molecule has 0 aromatic heterocycles. The van der Waals surface area contributed by atoms with Crippen molar-refractivity contribution in [1.29, 1.82) is 0 Å². The SMILES string of the molecule is COc1ccc(C(CC(=O)N2CCC(C)C3(CCC3)C2)NC(C)=O)cc1. The van der Waals surface area contributed by atoms with E-state index in [4.69, 9.17) is 4.74 Å². The molecule has 142 valence electrons. The first-order chi connectivity index (χ1) is 12.4. The van der Waals surface area contributed by atoms with E-state index < -0.39 is 0 Å². The Hall–Kier alpha value is -2.04. The number of amides is 2. The van der Waals surface area contributed by atoms with Gasteiger partial charge in [-0.1, -0.05) is 25.5 Å². The van der Waals surface area contributed by atoms with E-state index in [1.165, 1.54) is 26.2 Å². The average molecular weight is 358 g/mol. The molecule has 1 saturated carbocycles. The molecular weight excluding hydrogens is 328 g/mol. The molecule has 1 N–H and O–H groups in total. The number of nitrogens with one attached hydrogen (secondary N) is 1. The van der Waals surface area contributed by atoms with E-state index in [0.29, 0.717) is 17.8 Å². The minimum atomic E-state index is -0.303. The van der Waals surface area contributed by atoms with E-state index in [9.17, 15) is 9.59 Å². The number of rotatable bonds is 5. The van der Waals surface area contributed by atoms with Crippen LogP contribution in [0, 0.1) is 11.3 Å². The van der Waals surface area contributed by atoms with Crippen molar-refractivity contribution in [2.45, 2.75) is 52.0 Å². The van der Waals surface area contributed by atoms with Gasteiger partial charge in [0.2, 0.25) is 11.8 Å². The Morgan fingerprint density at radius 1 is 1.31 bits per heavy atom. The Bertz CT molecular complexity index is 652. The minimum absolute atomic E-state index is 0.124. The van der Waals surface area contributed by atoms with Crippen molar-refractivity contribution in [2.24, 2.45) is 11.3 Å². The maximum atomic E-state index is 13.0. The number of methoxy groups -OCH3 is 1. The Balaban J connectivity index is 1.69. The summed E-state index contributed by atoms with van der Waals surface area (Å²) < 4.78 is 5.20. The zero-order valence-corrected chi connectivity index (χ0v) is 16.1. The van der Waals surface area contributed by atoms with Crippen LogP contribution in [0.2, 0.25) is 0 Å². The van der Waals surface area contributed by atoms with Gasteiger partial charge in [-0.2, -0.15) is 0 Å². The second-order valence-corrected chi connectivity index (χ2v) is 7.95. The number of carbonyl (C=O) groups is 2. The smallest absolute Gasteiger partial charge is 0.225 e. The minimum Gasteiger partial charge on any atom is -0.497 e. The lowest BCUT2D eigenvalue weighted by Gasteiger charge is -2.53. The van der Waals surface area contributed by atoms with Crippen LogP contribution in [0.15, 0.2) is 24.3 Å². The van der Waals surface area contributed by atoms with E-state index in [2.05, 4.69) is 12.2 Å². The van der Waals surface area contributed by atoms with Crippen LogP contribution in [0.25, 0.3) is 0 Å². The summed E-state index contributed by atoms with van der Waals surface area (Å²) in [7, 11) is 1.62. The summed E-state index contributed by atoms with van der Waals surface area (Å²) in [5, 5.41) is 2.93. The highest BCUT2D eigenvalue weighted by atomic mass is 16.5. The zero-order chi connectivity index (χ0) is 18.7. The topological polar surface area (TPSA) is 58.6 Å². The molecule has 1 spiro atoms. The van der Waals surface area contributed by atoms with Gasteiger partial charge in [0, 0.05) is 20.0 Å². The Morgan fingerprint density at radius 3 is 2.54 bits per heavy atom. The first-order valence-corrected chi connectivity index (χ1v) is 9.62. The lowest BCUT2D eigenvalue weighted by molar-refractivity contribution is -0.140. The molecule has 0 bridgehead atoms. The molecule has 2 fully saturated rings. The summed E-state index contributed by atoms with van der Waals surface area (Å²) in [6.07, 6.45) is 5.15. The van der Waals surface area contributed by atoms with Gasteiger partial charge < -0.3 is 15.0 Å². The van der Waals surface area contributed by atoms with E-state index in [-0.39, 0.29) is 17.9 Å². The number of hydrogen-bond acceptors (Lipinski definition) is 3. The van der Waals surface area contributed by atoms with Crippen LogP contribution in [0.3, 0.4) is 0 Å². The van der Waals surface area contributed by atoms with Crippen molar-refractivity contribution in [1.82, 2.24) is 10.2 Å². The van der Waals surface area contributed by atoms with Gasteiger partial charge in [0.15, 0.2) is 0 Å². The lowest BCUT2D eigenvalue weighted by atomic mass is 9.59. The van der Waals surface area contributed by atoms with Crippen LogP contribution in [0.1, 0.15) is 57.6 Å². The number of nitrogens with zero attached hydrogens (tertiary/aromatic N) is 1. The van der Waals surface area contributed by atoms with Gasteiger partial charge in [-0.3, -0.25) is 9.59 Å². The maximum absolute atomic E-state index is 13.0. The van der Waals surface area contributed by atoms with Crippen LogP contribution in [-0.2, 0) is 9.59 Å². The molecule has 2 unspecified atom stereocenters. The normalized spacial score (nSPS) is 22.4. The van der Waals surface area contributed by atoms with Crippen LogP contribution >= 0.6 is 0 Å². The highest BCUT2D eigenvalue weighted by Crippen LogP contribution is 2.51. The predicted octanol–water partition coefficient (Wildman–Crippen LogP) is 3.30. The van der Waals surface area contributed by atoms with Gasteiger partial charge in [0.25, 0.3) is 0 Å². The second kappa shape index (κ2) is 7.68. The maximum Gasteiger partial charge on any atom is 0.225 e. The first kappa shape index (κ1) is 18.7. The molecule has 2 atom stereocenters. The van der Waals surface area contributed by atoms with Crippen LogP contribution in [0.5, 0.6) is 5.75 Å². The summed E-state index contributed by atoms with van der Waals surface area (Å²) >= 11 is 0. The molecule has 1 heterocycles. The van der Waals surface area contributed by atoms with Crippen molar-refractivity contribution in [3.63, 3.8) is 0 Å². The third-order valence-corrected chi connectivity index (χ3v) is 6.36. The fourth-order valence-electron chi connectivity index (χ4n) is 4.40. The molecule has 2 aliphatic rings. The van der Waals surface area contributed by atoms with Gasteiger partial charge in [0.1, 0.15) is 5.75 Å². The summed E-state index contributed by atoms with van der Waals surface area (Å²) in [6, 6.07) is 7.25. The third kappa shape index (κ3) is 3.87. The molecule has 26 heavy (non-hydrogen) atoms. The summed E-state index contributed by atoms with van der Waals surface area (Å²) in [4.78, 5) is 26.6. The fraction of sp³-hybridized carbons (Fsp3) is 0.619. The number of hydrogen-bond donors (Lipinski definition) is 1. The summed E-state index contributed by atoms with van der Waals surface area (Å²) in [6.45, 7) is 5.53. The number of benzene rings is 1. The molecule has 1 saturated heterocycles. The van der Waals surface area contributed by atoms with Crippen molar-refractivity contribution in [3.05, 3.63) is 29.8 Å². The number of piperidine rings is 1. The fourth-order valence-corrected chi connectivity index (χ4v) is 4.40. The molecule has 1 aliphatic heterocycles. The quantitative estimate of drug-likeness (QED) is 0.878. The van der Waals surface area contributed by atoms with Gasteiger partial charge >= 0.3 is 0 Å². The number of carbonyl (C=O) groups excluding carboxylic acids is 2. The monoisotopic (exact) mass is 358 g/mol. The second-order valence-electron chi connectivity index (χ2n) is 7.95. The molecule has 1 aliphatic carbocycles. The van der Waals surface area contributed by atoms with E-state index in [1.807, 2.05) is 29.2 Å². The first-order valence-electron chi connectivity index (χ1n) is 9.62. The van der Waals surface area contributed by atoms with Crippen molar-refractivity contribution >= 4 is 11.8 Å². The van der Waals surface area contributed by atoms with Gasteiger partial charge in [-0.15, -0.1) is 0 Å². The molecule has 1 aromatic carbocycles. The highest BCUT2D eigenvalue weighted by molar-refractivity contribution is 5.79.